The number of aliphatic hydroxyl groups excluding tert-OH is 1. The molecule has 1 heterocycles. The molecule has 0 fully saturated rings. The van der Waals surface area contributed by atoms with Crippen LogP contribution in [-0.2, 0) is 23.9 Å². The zero-order valence-electron chi connectivity index (χ0n) is 23.3. The van der Waals surface area contributed by atoms with Gasteiger partial charge in [-0.3, -0.25) is 4.79 Å². The molecule has 7 nitrogen and oxygen atoms in total. The molecule has 0 saturated carbocycles. The van der Waals surface area contributed by atoms with Gasteiger partial charge in [0, 0.05) is 32.2 Å². The van der Waals surface area contributed by atoms with Gasteiger partial charge in [0.05, 0.1) is 5.56 Å². The van der Waals surface area contributed by atoms with Crippen LogP contribution in [0.3, 0.4) is 0 Å². The van der Waals surface area contributed by atoms with Gasteiger partial charge in [0.15, 0.2) is 5.69 Å². The second kappa shape index (κ2) is 20.7. The molecule has 1 aromatic heterocycles. The first kappa shape index (κ1) is 35.8. The summed E-state index contributed by atoms with van der Waals surface area (Å²) in [6.07, 6.45) is 4.63. The minimum Gasteiger partial charge on any atom is -0.440 e. The average molecular weight is 562 g/mol. The fourth-order valence-electron chi connectivity index (χ4n) is 3.15. The molecule has 0 unspecified atom stereocenters. The molecule has 218 valence electrons. The smallest absolute Gasteiger partial charge is 0.416 e. The minimum absolute atomic E-state index is 0.0184. The quantitative estimate of drug-likeness (QED) is 0.208. The number of carbonyl (C=O) groups is 2. The van der Waals surface area contributed by atoms with Crippen LogP contribution in [0.2, 0.25) is 0 Å². The van der Waals surface area contributed by atoms with Crippen molar-refractivity contribution >= 4 is 12.7 Å². The van der Waals surface area contributed by atoms with Crippen molar-refractivity contribution in [3.05, 3.63) is 102 Å². The predicted octanol–water partition coefficient (Wildman–Crippen LogP) is 6.35. The molecular weight excluding hydrogens is 523 g/mol. The number of nitrogens with zero attached hydrogens (tertiary/aromatic N) is 1. The van der Waals surface area contributed by atoms with Gasteiger partial charge in [-0.15, -0.1) is 0 Å². The highest BCUT2D eigenvalue weighted by molar-refractivity contribution is 5.93. The summed E-state index contributed by atoms with van der Waals surface area (Å²) >= 11 is 0. The number of benzene rings is 2. The molecule has 2 aromatic carbocycles. The summed E-state index contributed by atoms with van der Waals surface area (Å²) in [4.78, 5) is 25.0. The van der Waals surface area contributed by atoms with Crippen LogP contribution in [0.4, 0.5) is 13.2 Å². The normalized spacial score (nSPS) is 10.5. The van der Waals surface area contributed by atoms with E-state index in [1.54, 1.807) is 12.1 Å². The van der Waals surface area contributed by atoms with Crippen LogP contribution in [0.25, 0.3) is 11.5 Å². The highest BCUT2D eigenvalue weighted by Crippen LogP contribution is 2.32. The number of alkyl halides is 3. The molecule has 0 radical (unpaired) electrons. The first-order valence-electron chi connectivity index (χ1n) is 12.5. The summed E-state index contributed by atoms with van der Waals surface area (Å²) in [6, 6.07) is 14.2. The van der Waals surface area contributed by atoms with Gasteiger partial charge in [0.1, 0.15) is 12.5 Å². The molecule has 0 aliphatic heterocycles. The molecule has 0 bridgehead atoms. The molecule has 0 aliphatic carbocycles. The fourth-order valence-corrected chi connectivity index (χ4v) is 3.15. The second-order valence-corrected chi connectivity index (χ2v) is 7.72. The van der Waals surface area contributed by atoms with E-state index in [9.17, 15) is 18.0 Å². The van der Waals surface area contributed by atoms with Crippen molar-refractivity contribution in [2.75, 3.05) is 13.7 Å². The SMILES string of the molecule is C/C=C/NCCC.C/C=C\Cc1oc(-c2ccccc2)nc1C(=O)NCc1ccccc1C(F)(F)F.C=O.CO. The zero-order chi connectivity index (χ0) is 30.4. The average Bonchev–Trinajstić information content (AvgIpc) is 3.42. The number of halogens is 3. The van der Waals surface area contributed by atoms with Crippen molar-refractivity contribution in [3.63, 3.8) is 0 Å². The number of hydrogen-bond acceptors (Lipinski definition) is 6. The molecule has 1 amide bonds. The fraction of sp³-hybridized carbons (Fsp3) is 0.300. The van der Waals surface area contributed by atoms with E-state index in [0.717, 1.165) is 19.7 Å². The summed E-state index contributed by atoms with van der Waals surface area (Å²) in [5.74, 6) is 0.0434. The van der Waals surface area contributed by atoms with Crippen molar-refractivity contribution in [2.24, 2.45) is 0 Å². The van der Waals surface area contributed by atoms with Crippen LogP contribution in [0, 0.1) is 0 Å². The molecular formula is C30H38F3N3O4. The Balaban J connectivity index is 0.00000119. The van der Waals surface area contributed by atoms with Crippen molar-refractivity contribution in [3.8, 4) is 11.5 Å². The topological polar surface area (TPSA) is 104 Å². The number of aromatic nitrogens is 1. The van der Waals surface area contributed by atoms with Gasteiger partial charge in [-0.1, -0.05) is 61.5 Å². The van der Waals surface area contributed by atoms with E-state index in [-0.39, 0.29) is 23.7 Å². The number of hydrogen-bond donors (Lipinski definition) is 3. The number of nitrogens with one attached hydrogen (secondary N) is 2. The van der Waals surface area contributed by atoms with E-state index in [4.69, 9.17) is 14.3 Å². The Morgan fingerprint density at radius 1 is 1.02 bits per heavy atom. The Labute approximate surface area is 233 Å². The monoisotopic (exact) mass is 561 g/mol. The first-order valence-corrected chi connectivity index (χ1v) is 12.5. The summed E-state index contributed by atoms with van der Waals surface area (Å²) < 4.78 is 45.2. The van der Waals surface area contributed by atoms with Gasteiger partial charge in [-0.25, -0.2) is 4.98 Å². The van der Waals surface area contributed by atoms with E-state index in [2.05, 4.69) is 22.5 Å². The second-order valence-electron chi connectivity index (χ2n) is 7.72. The lowest BCUT2D eigenvalue weighted by molar-refractivity contribution is -0.138. The lowest BCUT2D eigenvalue weighted by atomic mass is 10.1. The third-order valence-electron chi connectivity index (χ3n) is 4.91. The molecule has 0 aliphatic rings. The van der Waals surface area contributed by atoms with Gasteiger partial charge in [-0.05, 0) is 50.2 Å². The molecule has 10 heteroatoms. The standard InChI is InChI=1S/C22H19F3N2O2.C6H13N.CH4O.CH2O/c1-2-3-13-18-19(27-21(29-18)15-9-5-4-6-10-15)20(28)26-14-16-11-7-8-12-17(16)22(23,24)25;1-3-5-7-6-4-2;2*1-2/h2-12H,13-14H2,1H3,(H,26,28);3,5,7H,4,6H2,1-2H3;2H,1H3;1H2/b3-2-;5-3+;;. The van der Waals surface area contributed by atoms with E-state index in [1.807, 2.05) is 63.3 Å². The lowest BCUT2D eigenvalue weighted by Crippen LogP contribution is -2.25. The third-order valence-corrected chi connectivity index (χ3v) is 4.91. The number of carbonyl (C=O) groups excluding carboxylic acids is 2. The van der Waals surface area contributed by atoms with Gasteiger partial charge < -0.3 is 25.0 Å². The maximum absolute atomic E-state index is 13.1. The maximum atomic E-state index is 13.1. The maximum Gasteiger partial charge on any atom is 0.416 e. The van der Waals surface area contributed by atoms with Crippen LogP contribution in [0.5, 0.6) is 0 Å². The summed E-state index contributed by atoms with van der Waals surface area (Å²) in [5, 5.41) is 12.6. The summed E-state index contributed by atoms with van der Waals surface area (Å²) in [7, 11) is 1.00. The Bertz CT molecular complexity index is 1160. The Kier molecular flexibility index (Phi) is 18.6. The predicted molar refractivity (Wildman–Crippen MR) is 151 cm³/mol. The van der Waals surface area contributed by atoms with Gasteiger partial charge in [0.25, 0.3) is 5.91 Å². The molecule has 0 spiro atoms. The Hall–Kier alpha value is -4.18. The number of rotatable bonds is 9. The molecule has 0 saturated heterocycles. The number of aliphatic hydroxyl groups is 1. The van der Waals surface area contributed by atoms with Crippen molar-refractivity contribution in [2.45, 2.75) is 46.3 Å². The van der Waals surface area contributed by atoms with Gasteiger partial charge in [-0.2, -0.15) is 13.2 Å². The van der Waals surface area contributed by atoms with Crippen molar-refractivity contribution in [1.82, 2.24) is 15.6 Å². The van der Waals surface area contributed by atoms with Gasteiger partial charge in [0.2, 0.25) is 5.89 Å². The van der Waals surface area contributed by atoms with Crippen LogP contribution in [0.15, 0.2) is 83.4 Å². The van der Waals surface area contributed by atoms with E-state index in [1.165, 1.54) is 24.6 Å². The molecule has 40 heavy (non-hydrogen) atoms. The molecule has 3 rings (SSSR count). The highest BCUT2D eigenvalue weighted by Gasteiger charge is 2.33. The van der Waals surface area contributed by atoms with Crippen molar-refractivity contribution in [1.29, 1.82) is 0 Å². The zero-order valence-corrected chi connectivity index (χ0v) is 23.3. The largest absolute Gasteiger partial charge is 0.440 e. The summed E-state index contributed by atoms with van der Waals surface area (Å²) in [6.45, 7) is 8.80. The van der Waals surface area contributed by atoms with Crippen LogP contribution < -0.4 is 10.6 Å². The first-order chi connectivity index (χ1) is 19.3. The van der Waals surface area contributed by atoms with Gasteiger partial charge >= 0.3 is 6.18 Å². The van der Waals surface area contributed by atoms with Crippen molar-refractivity contribution < 1.29 is 32.3 Å². The minimum atomic E-state index is -4.49. The molecule has 3 aromatic rings. The van der Waals surface area contributed by atoms with Crippen LogP contribution >= 0.6 is 0 Å². The molecule has 0 atom stereocenters. The molecule has 3 N–H and O–H groups in total. The number of amides is 1. The Morgan fingerprint density at radius 2 is 1.65 bits per heavy atom. The lowest BCUT2D eigenvalue weighted by Gasteiger charge is -2.13. The van der Waals surface area contributed by atoms with E-state index in [0.29, 0.717) is 17.7 Å². The van der Waals surface area contributed by atoms with Crippen LogP contribution in [0.1, 0.15) is 54.6 Å². The van der Waals surface area contributed by atoms with Crippen LogP contribution in [-0.4, -0.2) is 36.4 Å². The number of oxazole rings is 1. The van der Waals surface area contributed by atoms with E-state index >= 15 is 0 Å². The highest BCUT2D eigenvalue weighted by atomic mass is 19.4. The Morgan fingerprint density at radius 3 is 2.23 bits per heavy atom. The number of allylic oxidation sites excluding steroid dienone is 3. The third kappa shape index (κ3) is 12.6. The summed E-state index contributed by atoms with van der Waals surface area (Å²) in [5.41, 5.74) is -0.0307. The van der Waals surface area contributed by atoms with E-state index < -0.39 is 17.6 Å².